The third-order valence-corrected chi connectivity index (χ3v) is 2.87. The van der Waals surface area contributed by atoms with Gasteiger partial charge in [-0.15, -0.1) is 0 Å². The van der Waals surface area contributed by atoms with Crippen LogP contribution in [0.2, 0.25) is 5.02 Å². The van der Waals surface area contributed by atoms with Crippen molar-refractivity contribution in [3.63, 3.8) is 0 Å². The molecule has 0 aromatic heterocycles. The Bertz CT molecular complexity index is 417. The number of hydrogen-bond acceptors (Lipinski definition) is 2. The van der Waals surface area contributed by atoms with Gasteiger partial charge in [-0.1, -0.05) is 37.6 Å². The van der Waals surface area contributed by atoms with Gasteiger partial charge in [-0.25, -0.2) is 0 Å². The third kappa shape index (κ3) is 4.20. The van der Waals surface area contributed by atoms with Crippen LogP contribution in [0.15, 0.2) is 24.3 Å². The lowest BCUT2D eigenvalue weighted by molar-refractivity contribution is -0.119. The predicted octanol–water partition coefficient (Wildman–Crippen LogP) is 3.95. The van der Waals surface area contributed by atoms with Gasteiger partial charge in [-0.05, 0) is 30.0 Å². The van der Waals surface area contributed by atoms with Gasteiger partial charge in [-0.3, -0.25) is 4.79 Å². The van der Waals surface area contributed by atoms with Crippen LogP contribution in [-0.4, -0.2) is 5.78 Å². The molecule has 1 aromatic carbocycles. The van der Waals surface area contributed by atoms with Crippen molar-refractivity contribution in [3.05, 3.63) is 34.9 Å². The third-order valence-electron chi connectivity index (χ3n) is 2.62. The topological polar surface area (TPSA) is 40.9 Å². The van der Waals surface area contributed by atoms with E-state index in [1.165, 1.54) is 0 Å². The van der Waals surface area contributed by atoms with Gasteiger partial charge in [-0.2, -0.15) is 5.26 Å². The number of carbonyl (C=O) groups excluding carboxylic acids is 1. The van der Waals surface area contributed by atoms with E-state index in [1.54, 1.807) is 24.3 Å². The van der Waals surface area contributed by atoms with Crippen molar-refractivity contribution in [2.24, 2.45) is 5.92 Å². The quantitative estimate of drug-likeness (QED) is 0.793. The van der Waals surface area contributed by atoms with Crippen molar-refractivity contribution in [2.75, 3.05) is 0 Å². The van der Waals surface area contributed by atoms with Crippen LogP contribution in [0.5, 0.6) is 0 Å². The molecule has 0 N–H and O–H groups in total. The lowest BCUT2D eigenvalue weighted by atomic mass is 9.92. The molecule has 17 heavy (non-hydrogen) atoms. The highest BCUT2D eigenvalue weighted by Gasteiger charge is 2.19. The zero-order valence-electron chi connectivity index (χ0n) is 10.1. The molecule has 90 valence electrons. The summed E-state index contributed by atoms with van der Waals surface area (Å²) in [5, 5.41) is 9.69. The first kappa shape index (κ1) is 13.7. The number of nitriles is 1. The minimum Gasteiger partial charge on any atom is -0.298 e. The van der Waals surface area contributed by atoms with Crippen LogP contribution in [-0.2, 0) is 4.79 Å². The van der Waals surface area contributed by atoms with E-state index in [0.29, 0.717) is 17.4 Å². The van der Waals surface area contributed by atoms with E-state index in [0.717, 1.165) is 12.0 Å². The second-order valence-electron chi connectivity index (χ2n) is 4.51. The Morgan fingerprint density at radius 2 is 1.94 bits per heavy atom. The van der Waals surface area contributed by atoms with E-state index in [9.17, 15) is 4.79 Å². The van der Waals surface area contributed by atoms with Crippen molar-refractivity contribution >= 4 is 17.4 Å². The molecule has 0 fully saturated rings. The molecule has 0 aliphatic carbocycles. The largest absolute Gasteiger partial charge is 0.298 e. The first-order valence-corrected chi connectivity index (χ1v) is 6.10. The highest BCUT2D eigenvalue weighted by molar-refractivity contribution is 6.30. The number of Topliss-reactive ketones (excluding diaryl/α,β-unsaturated/α-hetero) is 1. The maximum absolute atomic E-state index is 11.9. The first-order valence-electron chi connectivity index (χ1n) is 5.72. The fraction of sp³-hybridized carbons (Fsp3) is 0.429. The summed E-state index contributed by atoms with van der Waals surface area (Å²) < 4.78 is 0. The number of carbonyl (C=O) groups is 1. The molecular formula is C14H16ClNO. The van der Waals surface area contributed by atoms with E-state index < -0.39 is 5.92 Å². The van der Waals surface area contributed by atoms with Crippen molar-refractivity contribution in [2.45, 2.75) is 32.6 Å². The Balaban J connectivity index is 2.75. The standard InChI is InChI=1S/C14H16ClNO/c1-10(2)3-8-14(17)13(9-16)11-4-6-12(15)7-5-11/h4-7,10,13H,3,8H2,1-2H3. The van der Waals surface area contributed by atoms with Crippen LogP contribution in [0, 0.1) is 17.2 Å². The van der Waals surface area contributed by atoms with Gasteiger partial charge in [0.15, 0.2) is 5.78 Å². The normalized spacial score (nSPS) is 12.2. The van der Waals surface area contributed by atoms with E-state index in [4.69, 9.17) is 16.9 Å². The maximum atomic E-state index is 11.9. The highest BCUT2D eigenvalue weighted by Crippen LogP contribution is 2.21. The monoisotopic (exact) mass is 249 g/mol. The van der Waals surface area contributed by atoms with Gasteiger partial charge in [0.1, 0.15) is 5.92 Å². The fourth-order valence-electron chi connectivity index (χ4n) is 1.56. The predicted molar refractivity (Wildman–Crippen MR) is 68.9 cm³/mol. The summed E-state index contributed by atoms with van der Waals surface area (Å²) in [5.74, 6) is -0.196. The molecule has 0 heterocycles. The highest BCUT2D eigenvalue weighted by atomic mass is 35.5. The molecule has 3 heteroatoms. The summed E-state index contributed by atoms with van der Waals surface area (Å²) in [6.45, 7) is 4.13. The van der Waals surface area contributed by atoms with Crippen molar-refractivity contribution in [1.82, 2.24) is 0 Å². The number of ketones is 1. The Kier molecular flexibility index (Phi) is 5.18. The Labute approximate surface area is 107 Å². The van der Waals surface area contributed by atoms with Crippen LogP contribution < -0.4 is 0 Å². The van der Waals surface area contributed by atoms with Gasteiger partial charge in [0.05, 0.1) is 6.07 Å². The van der Waals surface area contributed by atoms with E-state index in [1.807, 2.05) is 0 Å². The zero-order valence-corrected chi connectivity index (χ0v) is 10.9. The van der Waals surface area contributed by atoms with Crippen LogP contribution in [0.25, 0.3) is 0 Å². The summed E-state index contributed by atoms with van der Waals surface area (Å²) in [7, 11) is 0. The van der Waals surface area contributed by atoms with E-state index in [-0.39, 0.29) is 5.78 Å². The van der Waals surface area contributed by atoms with Gasteiger partial charge < -0.3 is 0 Å². The minimum atomic E-state index is -0.661. The molecule has 1 unspecified atom stereocenters. The second-order valence-corrected chi connectivity index (χ2v) is 4.95. The molecule has 1 atom stereocenters. The smallest absolute Gasteiger partial charge is 0.154 e. The molecule has 1 rings (SSSR count). The molecule has 0 aliphatic heterocycles. The van der Waals surface area contributed by atoms with Crippen LogP contribution in [0.3, 0.4) is 0 Å². The van der Waals surface area contributed by atoms with Crippen molar-refractivity contribution in [1.29, 1.82) is 5.26 Å². The molecule has 0 bridgehead atoms. The molecule has 1 aromatic rings. The maximum Gasteiger partial charge on any atom is 0.154 e. The summed E-state index contributed by atoms with van der Waals surface area (Å²) in [6, 6.07) is 8.96. The number of hydrogen-bond donors (Lipinski definition) is 0. The lowest BCUT2D eigenvalue weighted by Crippen LogP contribution is -2.11. The summed E-state index contributed by atoms with van der Waals surface area (Å²) >= 11 is 5.77. The SMILES string of the molecule is CC(C)CCC(=O)C(C#N)c1ccc(Cl)cc1. The van der Waals surface area contributed by atoms with Gasteiger partial charge in [0.2, 0.25) is 0 Å². The fourth-order valence-corrected chi connectivity index (χ4v) is 1.69. The molecule has 0 saturated carbocycles. The van der Waals surface area contributed by atoms with E-state index >= 15 is 0 Å². The van der Waals surface area contributed by atoms with E-state index in [2.05, 4.69) is 19.9 Å². The van der Waals surface area contributed by atoms with Gasteiger partial charge >= 0.3 is 0 Å². The molecular weight excluding hydrogens is 234 g/mol. The van der Waals surface area contributed by atoms with Crippen LogP contribution >= 0.6 is 11.6 Å². The summed E-state index contributed by atoms with van der Waals surface area (Å²) in [4.78, 5) is 11.9. The molecule has 0 spiro atoms. The number of nitrogens with zero attached hydrogens (tertiary/aromatic N) is 1. The molecule has 0 amide bonds. The first-order chi connectivity index (χ1) is 8.04. The molecule has 0 saturated heterocycles. The Morgan fingerprint density at radius 1 is 1.35 bits per heavy atom. The zero-order chi connectivity index (χ0) is 12.8. The average molecular weight is 250 g/mol. The second kappa shape index (κ2) is 6.42. The molecule has 0 radical (unpaired) electrons. The molecule has 2 nitrogen and oxygen atoms in total. The van der Waals surface area contributed by atoms with Crippen LogP contribution in [0.4, 0.5) is 0 Å². The Morgan fingerprint density at radius 3 is 2.41 bits per heavy atom. The number of benzene rings is 1. The number of rotatable bonds is 5. The Hall–Kier alpha value is -1.33. The van der Waals surface area contributed by atoms with Crippen molar-refractivity contribution in [3.8, 4) is 6.07 Å². The van der Waals surface area contributed by atoms with Gasteiger partial charge in [0, 0.05) is 11.4 Å². The van der Waals surface area contributed by atoms with Crippen LogP contribution in [0.1, 0.15) is 38.2 Å². The minimum absolute atomic E-state index is 0.0106. The average Bonchev–Trinajstić information content (AvgIpc) is 2.30. The number of halogens is 1. The van der Waals surface area contributed by atoms with Crippen molar-refractivity contribution < 1.29 is 4.79 Å². The lowest BCUT2D eigenvalue weighted by Gasteiger charge is -2.09. The summed E-state index contributed by atoms with van der Waals surface area (Å²) in [5.41, 5.74) is 0.727. The molecule has 0 aliphatic rings. The van der Waals surface area contributed by atoms with Gasteiger partial charge in [0.25, 0.3) is 0 Å². The summed E-state index contributed by atoms with van der Waals surface area (Å²) in [6.07, 6.45) is 1.28.